The van der Waals surface area contributed by atoms with Crippen molar-refractivity contribution in [2.75, 3.05) is 5.32 Å². The maximum Gasteiger partial charge on any atom is 0.181 e. The zero-order valence-electron chi connectivity index (χ0n) is 11.3. The molecule has 0 aliphatic heterocycles. The summed E-state index contributed by atoms with van der Waals surface area (Å²) in [7, 11) is 0. The second kappa shape index (κ2) is 5.47. The molecule has 2 unspecified atom stereocenters. The van der Waals surface area contributed by atoms with Crippen LogP contribution in [-0.4, -0.2) is 11.0 Å². The second-order valence-electron chi connectivity index (χ2n) is 5.30. The summed E-state index contributed by atoms with van der Waals surface area (Å²) in [5.41, 5.74) is 2.26. The van der Waals surface area contributed by atoms with E-state index in [1.165, 1.54) is 37.8 Å². The van der Waals surface area contributed by atoms with Crippen molar-refractivity contribution in [1.82, 2.24) is 4.98 Å². The first-order valence-corrected chi connectivity index (χ1v) is 7.12. The Bertz CT molecular complexity index is 521. The van der Waals surface area contributed by atoms with E-state index in [9.17, 15) is 0 Å². The molecule has 19 heavy (non-hydrogen) atoms. The van der Waals surface area contributed by atoms with Gasteiger partial charge in [0.1, 0.15) is 0 Å². The third-order valence-electron chi connectivity index (χ3n) is 4.11. The van der Waals surface area contributed by atoms with Crippen LogP contribution in [0.1, 0.15) is 32.6 Å². The molecule has 0 amide bonds. The molecule has 1 fully saturated rings. The number of hydrogen-bond donors (Lipinski definition) is 1. The van der Waals surface area contributed by atoms with Crippen molar-refractivity contribution in [3.63, 3.8) is 0 Å². The lowest BCUT2D eigenvalue weighted by atomic mass is 10.0. The van der Waals surface area contributed by atoms with Gasteiger partial charge in [0.2, 0.25) is 0 Å². The SMILES string of the molecule is CCC1CCCC1Nc1cccc(-c2cnco2)c1. The van der Waals surface area contributed by atoms with Gasteiger partial charge in [0.15, 0.2) is 12.2 Å². The lowest BCUT2D eigenvalue weighted by Crippen LogP contribution is -2.23. The number of hydrogen-bond acceptors (Lipinski definition) is 3. The highest BCUT2D eigenvalue weighted by atomic mass is 16.3. The number of nitrogens with zero attached hydrogens (tertiary/aromatic N) is 1. The molecule has 1 N–H and O–H groups in total. The van der Waals surface area contributed by atoms with Gasteiger partial charge >= 0.3 is 0 Å². The minimum atomic E-state index is 0.620. The first-order valence-electron chi connectivity index (χ1n) is 7.12. The molecule has 1 saturated carbocycles. The molecule has 3 heteroatoms. The molecule has 0 spiro atoms. The molecule has 2 aromatic rings. The van der Waals surface area contributed by atoms with Gasteiger partial charge in [0, 0.05) is 17.3 Å². The van der Waals surface area contributed by atoms with Crippen molar-refractivity contribution in [3.8, 4) is 11.3 Å². The first-order chi connectivity index (χ1) is 9.36. The van der Waals surface area contributed by atoms with Gasteiger partial charge in [0.25, 0.3) is 0 Å². The lowest BCUT2D eigenvalue weighted by Gasteiger charge is -2.21. The molecule has 1 aliphatic carbocycles. The van der Waals surface area contributed by atoms with Gasteiger partial charge in [-0.3, -0.25) is 0 Å². The molecular formula is C16H20N2O. The van der Waals surface area contributed by atoms with Crippen LogP contribution in [0.25, 0.3) is 11.3 Å². The molecule has 0 saturated heterocycles. The van der Waals surface area contributed by atoms with Crippen LogP contribution in [0.4, 0.5) is 5.69 Å². The predicted molar refractivity (Wildman–Crippen MR) is 77.0 cm³/mol. The van der Waals surface area contributed by atoms with E-state index >= 15 is 0 Å². The Kier molecular flexibility index (Phi) is 3.53. The molecule has 3 nitrogen and oxygen atoms in total. The third kappa shape index (κ3) is 2.65. The smallest absolute Gasteiger partial charge is 0.181 e. The predicted octanol–water partition coefficient (Wildman–Crippen LogP) is 4.33. The summed E-state index contributed by atoms with van der Waals surface area (Å²) >= 11 is 0. The molecule has 0 bridgehead atoms. The average Bonchev–Trinajstić information content (AvgIpc) is 3.10. The molecule has 2 atom stereocenters. The summed E-state index contributed by atoms with van der Waals surface area (Å²) in [5.74, 6) is 1.64. The summed E-state index contributed by atoms with van der Waals surface area (Å²) in [6, 6.07) is 9.01. The van der Waals surface area contributed by atoms with Crippen LogP contribution >= 0.6 is 0 Å². The van der Waals surface area contributed by atoms with Crippen molar-refractivity contribution in [2.45, 2.75) is 38.6 Å². The van der Waals surface area contributed by atoms with E-state index in [-0.39, 0.29) is 0 Å². The third-order valence-corrected chi connectivity index (χ3v) is 4.11. The topological polar surface area (TPSA) is 38.1 Å². The lowest BCUT2D eigenvalue weighted by molar-refractivity contribution is 0.489. The molecule has 1 heterocycles. The fourth-order valence-corrected chi connectivity index (χ4v) is 3.05. The van der Waals surface area contributed by atoms with Gasteiger partial charge in [-0.15, -0.1) is 0 Å². The minimum absolute atomic E-state index is 0.620. The van der Waals surface area contributed by atoms with Gasteiger partial charge in [-0.1, -0.05) is 31.9 Å². The van der Waals surface area contributed by atoms with Crippen molar-refractivity contribution >= 4 is 5.69 Å². The highest BCUT2D eigenvalue weighted by Gasteiger charge is 2.25. The van der Waals surface area contributed by atoms with Crippen LogP contribution in [-0.2, 0) is 0 Å². The zero-order valence-corrected chi connectivity index (χ0v) is 11.3. The van der Waals surface area contributed by atoms with Crippen LogP contribution in [0, 0.1) is 5.92 Å². The van der Waals surface area contributed by atoms with Gasteiger partial charge in [0.05, 0.1) is 6.20 Å². The van der Waals surface area contributed by atoms with E-state index in [4.69, 9.17) is 4.42 Å². The van der Waals surface area contributed by atoms with Crippen molar-refractivity contribution in [2.24, 2.45) is 5.92 Å². The summed E-state index contributed by atoms with van der Waals surface area (Å²) in [6.07, 6.45) is 8.47. The quantitative estimate of drug-likeness (QED) is 0.884. The number of nitrogens with one attached hydrogen (secondary N) is 1. The normalized spacial score (nSPS) is 22.6. The van der Waals surface area contributed by atoms with Crippen LogP contribution in [0.5, 0.6) is 0 Å². The fraction of sp³-hybridized carbons (Fsp3) is 0.438. The maximum absolute atomic E-state index is 5.35. The fourth-order valence-electron chi connectivity index (χ4n) is 3.05. The number of benzene rings is 1. The average molecular weight is 256 g/mol. The van der Waals surface area contributed by atoms with Gasteiger partial charge in [-0.25, -0.2) is 4.98 Å². The Labute approximate surface area is 114 Å². The molecule has 1 aliphatic rings. The highest BCUT2D eigenvalue weighted by Crippen LogP contribution is 2.31. The molecule has 0 radical (unpaired) electrons. The Balaban J connectivity index is 1.76. The molecular weight excluding hydrogens is 236 g/mol. The number of rotatable bonds is 4. The highest BCUT2D eigenvalue weighted by molar-refractivity contribution is 5.63. The summed E-state index contributed by atoms with van der Waals surface area (Å²) in [5, 5.41) is 3.68. The van der Waals surface area contributed by atoms with E-state index in [2.05, 4.69) is 41.5 Å². The van der Waals surface area contributed by atoms with Crippen LogP contribution in [0.3, 0.4) is 0 Å². The van der Waals surface area contributed by atoms with Crippen molar-refractivity contribution < 1.29 is 4.42 Å². The van der Waals surface area contributed by atoms with Gasteiger partial charge in [-0.05, 0) is 30.9 Å². The molecule has 1 aromatic heterocycles. The van der Waals surface area contributed by atoms with E-state index in [0.29, 0.717) is 6.04 Å². The van der Waals surface area contributed by atoms with Crippen molar-refractivity contribution in [1.29, 1.82) is 0 Å². The Morgan fingerprint density at radius 3 is 3.11 bits per heavy atom. The van der Waals surface area contributed by atoms with E-state index < -0.39 is 0 Å². The summed E-state index contributed by atoms with van der Waals surface area (Å²) in [6.45, 7) is 2.29. The number of oxazole rings is 1. The summed E-state index contributed by atoms with van der Waals surface area (Å²) in [4.78, 5) is 3.97. The van der Waals surface area contributed by atoms with Crippen molar-refractivity contribution in [3.05, 3.63) is 36.9 Å². The van der Waals surface area contributed by atoms with Gasteiger partial charge < -0.3 is 9.73 Å². The van der Waals surface area contributed by atoms with E-state index in [1.54, 1.807) is 6.20 Å². The Hall–Kier alpha value is -1.77. The maximum atomic E-state index is 5.35. The Morgan fingerprint density at radius 1 is 1.37 bits per heavy atom. The van der Waals surface area contributed by atoms with Gasteiger partial charge in [-0.2, -0.15) is 0 Å². The second-order valence-corrected chi connectivity index (χ2v) is 5.30. The molecule has 100 valence electrons. The minimum Gasteiger partial charge on any atom is -0.444 e. The van der Waals surface area contributed by atoms with Crippen LogP contribution in [0.15, 0.2) is 41.3 Å². The van der Waals surface area contributed by atoms with E-state index in [0.717, 1.165) is 17.2 Å². The first kappa shape index (κ1) is 12.3. The number of anilines is 1. The molecule has 1 aromatic carbocycles. The van der Waals surface area contributed by atoms with E-state index in [1.807, 2.05) is 0 Å². The summed E-state index contributed by atoms with van der Waals surface area (Å²) < 4.78 is 5.35. The number of aromatic nitrogens is 1. The standard InChI is InChI=1S/C16H20N2O/c1-2-12-5-4-8-15(12)18-14-7-3-6-13(9-14)16-10-17-11-19-16/h3,6-7,9-12,15,18H,2,4-5,8H2,1H3. The molecule has 3 rings (SSSR count). The monoisotopic (exact) mass is 256 g/mol. The Morgan fingerprint density at radius 2 is 2.32 bits per heavy atom. The largest absolute Gasteiger partial charge is 0.444 e. The van der Waals surface area contributed by atoms with Crippen LogP contribution in [0.2, 0.25) is 0 Å². The zero-order chi connectivity index (χ0) is 13.1. The van der Waals surface area contributed by atoms with Crippen LogP contribution < -0.4 is 5.32 Å².